The van der Waals surface area contributed by atoms with E-state index in [1.165, 1.54) is 6.07 Å². The van der Waals surface area contributed by atoms with Crippen molar-refractivity contribution in [2.75, 3.05) is 6.61 Å². The summed E-state index contributed by atoms with van der Waals surface area (Å²) < 4.78 is 16.8. The van der Waals surface area contributed by atoms with Crippen molar-refractivity contribution in [2.24, 2.45) is 0 Å². The SMILES string of the molecule is CCOC(=O)c1cc2ccc(OCc3cccc(Br)c3)cc2oc1=O. The molecule has 0 spiro atoms. The van der Waals surface area contributed by atoms with Crippen LogP contribution in [0.4, 0.5) is 0 Å². The summed E-state index contributed by atoms with van der Waals surface area (Å²) in [6, 6.07) is 14.4. The van der Waals surface area contributed by atoms with Crippen molar-refractivity contribution < 1.29 is 18.7 Å². The predicted octanol–water partition coefficient (Wildman–Crippen LogP) is 4.31. The van der Waals surface area contributed by atoms with Crippen LogP contribution in [-0.4, -0.2) is 12.6 Å². The van der Waals surface area contributed by atoms with Crippen LogP contribution in [0, 0.1) is 0 Å². The van der Waals surface area contributed by atoms with Gasteiger partial charge in [0.1, 0.15) is 23.5 Å². The van der Waals surface area contributed by atoms with Gasteiger partial charge in [0.05, 0.1) is 6.61 Å². The smallest absolute Gasteiger partial charge is 0.351 e. The molecule has 0 saturated heterocycles. The lowest BCUT2D eigenvalue weighted by Crippen LogP contribution is -2.16. The molecule has 0 saturated carbocycles. The van der Waals surface area contributed by atoms with Gasteiger partial charge in [-0.05, 0) is 42.8 Å². The van der Waals surface area contributed by atoms with Crippen LogP contribution in [0.2, 0.25) is 0 Å². The van der Waals surface area contributed by atoms with Gasteiger partial charge in [-0.1, -0.05) is 28.1 Å². The Labute approximate surface area is 152 Å². The highest BCUT2D eigenvalue weighted by atomic mass is 79.9. The third kappa shape index (κ3) is 4.09. The molecule has 128 valence electrons. The molecule has 0 unspecified atom stereocenters. The molecule has 2 aromatic carbocycles. The number of carbonyl (C=O) groups is 1. The fourth-order valence-electron chi connectivity index (χ4n) is 2.33. The average Bonchev–Trinajstić information content (AvgIpc) is 2.59. The van der Waals surface area contributed by atoms with Gasteiger partial charge in [0.25, 0.3) is 0 Å². The first-order chi connectivity index (χ1) is 12.1. The molecule has 0 aliphatic rings. The van der Waals surface area contributed by atoms with E-state index in [0.717, 1.165) is 10.0 Å². The molecular weight excluding hydrogens is 388 g/mol. The van der Waals surface area contributed by atoms with Crippen molar-refractivity contribution >= 4 is 32.9 Å². The van der Waals surface area contributed by atoms with Crippen LogP contribution in [-0.2, 0) is 11.3 Å². The van der Waals surface area contributed by atoms with Gasteiger partial charge in [-0.3, -0.25) is 0 Å². The molecule has 5 nitrogen and oxygen atoms in total. The van der Waals surface area contributed by atoms with Gasteiger partial charge in [-0.15, -0.1) is 0 Å². The zero-order chi connectivity index (χ0) is 17.8. The molecule has 0 atom stereocenters. The Morgan fingerprint density at radius 3 is 2.76 bits per heavy atom. The zero-order valence-corrected chi connectivity index (χ0v) is 15.0. The molecule has 6 heteroatoms. The largest absolute Gasteiger partial charge is 0.489 e. The molecule has 0 aliphatic carbocycles. The zero-order valence-electron chi connectivity index (χ0n) is 13.5. The third-order valence-electron chi connectivity index (χ3n) is 3.50. The Balaban J connectivity index is 1.84. The summed E-state index contributed by atoms with van der Waals surface area (Å²) in [5, 5.41) is 0.623. The highest BCUT2D eigenvalue weighted by Crippen LogP contribution is 2.22. The molecule has 3 rings (SSSR count). The van der Waals surface area contributed by atoms with Crippen LogP contribution in [0.25, 0.3) is 11.0 Å². The summed E-state index contributed by atoms with van der Waals surface area (Å²) in [6.45, 7) is 2.25. The summed E-state index contributed by atoms with van der Waals surface area (Å²) in [6.07, 6.45) is 0. The molecular formula is C19H15BrO5. The number of rotatable bonds is 5. The minimum atomic E-state index is -0.727. The Morgan fingerprint density at radius 2 is 2.00 bits per heavy atom. The van der Waals surface area contributed by atoms with Gasteiger partial charge in [0.2, 0.25) is 0 Å². The predicted molar refractivity (Wildman–Crippen MR) is 96.9 cm³/mol. The van der Waals surface area contributed by atoms with Crippen LogP contribution in [0.5, 0.6) is 5.75 Å². The Kier molecular flexibility index (Phi) is 5.19. The molecule has 3 aromatic rings. The van der Waals surface area contributed by atoms with Crippen molar-refractivity contribution in [3.63, 3.8) is 0 Å². The second-order valence-corrected chi connectivity index (χ2v) is 6.20. The van der Waals surface area contributed by atoms with Crippen LogP contribution in [0.15, 0.2) is 62.2 Å². The van der Waals surface area contributed by atoms with Crippen LogP contribution in [0.3, 0.4) is 0 Å². The minimum Gasteiger partial charge on any atom is -0.489 e. The highest BCUT2D eigenvalue weighted by Gasteiger charge is 2.15. The first kappa shape index (κ1) is 17.2. The number of ether oxygens (including phenoxy) is 2. The summed E-state index contributed by atoms with van der Waals surface area (Å²) in [5.41, 5.74) is 0.519. The first-order valence-electron chi connectivity index (χ1n) is 7.69. The van der Waals surface area contributed by atoms with E-state index in [9.17, 15) is 9.59 Å². The molecule has 1 aromatic heterocycles. The molecule has 0 aliphatic heterocycles. The van der Waals surface area contributed by atoms with E-state index >= 15 is 0 Å². The number of hydrogen-bond acceptors (Lipinski definition) is 5. The van der Waals surface area contributed by atoms with E-state index in [4.69, 9.17) is 13.9 Å². The summed E-state index contributed by atoms with van der Waals surface area (Å²) >= 11 is 3.42. The second-order valence-electron chi connectivity index (χ2n) is 5.29. The number of carbonyl (C=O) groups excluding carboxylic acids is 1. The van der Waals surface area contributed by atoms with Crippen LogP contribution < -0.4 is 10.4 Å². The molecule has 0 radical (unpaired) electrons. The average molecular weight is 403 g/mol. The minimum absolute atomic E-state index is 0.114. The summed E-state index contributed by atoms with van der Waals surface area (Å²) in [7, 11) is 0. The van der Waals surface area contributed by atoms with Crippen molar-refractivity contribution in [1.82, 2.24) is 0 Å². The normalized spacial score (nSPS) is 10.6. The molecule has 0 amide bonds. The molecule has 0 bridgehead atoms. The van der Waals surface area contributed by atoms with Gasteiger partial charge in [0, 0.05) is 15.9 Å². The molecule has 0 fully saturated rings. The van der Waals surface area contributed by atoms with E-state index in [2.05, 4.69) is 15.9 Å². The first-order valence-corrected chi connectivity index (χ1v) is 8.48. The van der Waals surface area contributed by atoms with Crippen molar-refractivity contribution in [2.45, 2.75) is 13.5 Å². The fourth-order valence-corrected chi connectivity index (χ4v) is 2.77. The van der Waals surface area contributed by atoms with E-state index in [0.29, 0.717) is 23.3 Å². The Bertz CT molecular complexity index is 977. The van der Waals surface area contributed by atoms with Gasteiger partial charge in [-0.2, -0.15) is 0 Å². The van der Waals surface area contributed by atoms with E-state index < -0.39 is 11.6 Å². The lowest BCUT2D eigenvalue weighted by molar-refractivity contribution is 0.0522. The Morgan fingerprint density at radius 1 is 1.16 bits per heavy atom. The van der Waals surface area contributed by atoms with Crippen molar-refractivity contribution in [1.29, 1.82) is 0 Å². The number of halogens is 1. The van der Waals surface area contributed by atoms with E-state index in [1.54, 1.807) is 25.1 Å². The van der Waals surface area contributed by atoms with Crippen LogP contribution in [0.1, 0.15) is 22.8 Å². The standard InChI is InChI=1S/C19H15BrO5/c1-2-23-18(21)16-9-13-6-7-15(10-17(13)25-19(16)22)24-11-12-4-3-5-14(20)8-12/h3-10H,2,11H2,1H3. The summed E-state index contributed by atoms with van der Waals surface area (Å²) in [4.78, 5) is 23.7. The lowest BCUT2D eigenvalue weighted by Gasteiger charge is -2.08. The fraction of sp³-hybridized carbons (Fsp3) is 0.158. The van der Waals surface area contributed by atoms with E-state index in [-0.39, 0.29) is 12.2 Å². The van der Waals surface area contributed by atoms with Gasteiger partial charge >= 0.3 is 11.6 Å². The van der Waals surface area contributed by atoms with Crippen LogP contribution >= 0.6 is 15.9 Å². The topological polar surface area (TPSA) is 65.7 Å². The molecule has 25 heavy (non-hydrogen) atoms. The van der Waals surface area contributed by atoms with Gasteiger partial charge < -0.3 is 13.9 Å². The quantitative estimate of drug-likeness (QED) is 0.469. The highest BCUT2D eigenvalue weighted by molar-refractivity contribution is 9.10. The maximum atomic E-state index is 12.0. The van der Waals surface area contributed by atoms with Crippen molar-refractivity contribution in [3.8, 4) is 5.75 Å². The number of esters is 1. The van der Waals surface area contributed by atoms with Gasteiger partial charge in [-0.25, -0.2) is 9.59 Å². The van der Waals surface area contributed by atoms with Crippen molar-refractivity contribution in [3.05, 3.63) is 74.6 Å². The number of hydrogen-bond donors (Lipinski definition) is 0. The maximum absolute atomic E-state index is 12.0. The number of benzene rings is 2. The lowest BCUT2D eigenvalue weighted by atomic mass is 10.2. The monoisotopic (exact) mass is 402 g/mol. The third-order valence-corrected chi connectivity index (χ3v) is 3.99. The summed E-state index contributed by atoms with van der Waals surface area (Å²) in [5.74, 6) is -0.118. The second kappa shape index (κ2) is 7.53. The maximum Gasteiger partial charge on any atom is 0.351 e. The number of fused-ring (bicyclic) bond motifs is 1. The van der Waals surface area contributed by atoms with Gasteiger partial charge in [0.15, 0.2) is 0 Å². The van der Waals surface area contributed by atoms with E-state index in [1.807, 2.05) is 24.3 Å². The Hall–Kier alpha value is -2.60. The molecule has 0 N–H and O–H groups in total. The molecule has 1 heterocycles.